The molecule has 1 saturated heterocycles. The normalized spacial score (nSPS) is 15.4. The number of nitrogens with two attached hydrogens (primary N) is 1. The average Bonchev–Trinajstić information content (AvgIpc) is 2.66. The molecule has 2 aromatic carbocycles. The Balaban J connectivity index is 1.90. The highest BCUT2D eigenvalue weighted by molar-refractivity contribution is 9.10. The van der Waals surface area contributed by atoms with Crippen molar-refractivity contribution in [2.45, 2.75) is 6.92 Å². The number of carbonyl (C=O) groups excluding carboxylic acids is 3. The van der Waals surface area contributed by atoms with Crippen molar-refractivity contribution in [2.75, 3.05) is 11.5 Å². The topological polar surface area (TPSA) is 102 Å². The van der Waals surface area contributed by atoms with Crippen LogP contribution in [-0.4, -0.2) is 29.4 Å². The fraction of sp³-hybridized carbons (Fsp3) is 0.100. The molecule has 7 nitrogen and oxygen atoms in total. The first-order valence-corrected chi connectivity index (χ1v) is 9.65. The van der Waals surface area contributed by atoms with E-state index in [0.29, 0.717) is 17.0 Å². The number of thiocarbonyl (C=S) groups is 1. The van der Waals surface area contributed by atoms with Gasteiger partial charge in [-0.05, 0) is 66.7 Å². The molecule has 0 spiro atoms. The molecule has 0 saturated carbocycles. The highest BCUT2D eigenvalue weighted by Gasteiger charge is 2.35. The van der Waals surface area contributed by atoms with Crippen LogP contribution in [0.15, 0.2) is 52.5 Å². The molecule has 3 N–H and O–H groups in total. The number of hydrogen-bond donors (Lipinski definition) is 2. The number of anilines is 1. The largest absolute Gasteiger partial charge is 0.484 e. The first-order valence-electron chi connectivity index (χ1n) is 8.45. The van der Waals surface area contributed by atoms with Crippen LogP contribution in [0.3, 0.4) is 0 Å². The van der Waals surface area contributed by atoms with E-state index < -0.39 is 17.7 Å². The van der Waals surface area contributed by atoms with Gasteiger partial charge >= 0.3 is 0 Å². The molecule has 0 bridgehead atoms. The van der Waals surface area contributed by atoms with Crippen molar-refractivity contribution in [3.05, 3.63) is 63.6 Å². The van der Waals surface area contributed by atoms with Crippen molar-refractivity contribution in [2.24, 2.45) is 5.73 Å². The Morgan fingerprint density at radius 1 is 1.24 bits per heavy atom. The minimum Gasteiger partial charge on any atom is -0.484 e. The van der Waals surface area contributed by atoms with Gasteiger partial charge in [0.15, 0.2) is 11.7 Å². The van der Waals surface area contributed by atoms with E-state index in [1.54, 1.807) is 36.4 Å². The van der Waals surface area contributed by atoms with Gasteiger partial charge in [-0.15, -0.1) is 0 Å². The zero-order valence-electron chi connectivity index (χ0n) is 15.3. The van der Waals surface area contributed by atoms with E-state index in [4.69, 9.17) is 22.7 Å². The second-order valence-electron chi connectivity index (χ2n) is 6.21. The Hall–Kier alpha value is -3.04. The van der Waals surface area contributed by atoms with Crippen LogP contribution < -0.4 is 20.7 Å². The third-order valence-corrected chi connectivity index (χ3v) is 4.85. The van der Waals surface area contributed by atoms with Crippen molar-refractivity contribution in [1.29, 1.82) is 0 Å². The second-order valence-corrected chi connectivity index (χ2v) is 7.52. The van der Waals surface area contributed by atoms with E-state index in [9.17, 15) is 14.4 Å². The highest BCUT2D eigenvalue weighted by Crippen LogP contribution is 2.27. The fourth-order valence-electron chi connectivity index (χ4n) is 2.73. The van der Waals surface area contributed by atoms with Gasteiger partial charge in [-0.25, -0.2) is 0 Å². The molecule has 1 heterocycles. The van der Waals surface area contributed by atoms with E-state index in [1.807, 2.05) is 13.0 Å². The first kappa shape index (κ1) is 20.7. The number of carbonyl (C=O) groups is 3. The second kappa shape index (κ2) is 8.54. The van der Waals surface area contributed by atoms with E-state index in [1.165, 1.54) is 11.0 Å². The van der Waals surface area contributed by atoms with Gasteiger partial charge in [-0.1, -0.05) is 28.1 Å². The smallest absolute Gasteiger partial charge is 0.270 e. The van der Waals surface area contributed by atoms with Crippen LogP contribution in [0.4, 0.5) is 5.69 Å². The van der Waals surface area contributed by atoms with Gasteiger partial charge in [0, 0.05) is 4.47 Å². The Bertz CT molecular complexity index is 1050. The maximum atomic E-state index is 13.1. The van der Waals surface area contributed by atoms with Crippen LogP contribution in [0.1, 0.15) is 11.1 Å². The molecule has 0 unspecified atom stereocenters. The summed E-state index contributed by atoms with van der Waals surface area (Å²) in [5.74, 6) is -1.23. The zero-order valence-corrected chi connectivity index (χ0v) is 17.7. The average molecular weight is 474 g/mol. The molecule has 3 rings (SSSR count). The monoisotopic (exact) mass is 473 g/mol. The fourth-order valence-corrected chi connectivity index (χ4v) is 3.48. The van der Waals surface area contributed by atoms with Crippen molar-refractivity contribution >= 4 is 62.7 Å². The predicted octanol–water partition coefficient (Wildman–Crippen LogP) is 2.45. The van der Waals surface area contributed by atoms with Crippen molar-refractivity contribution < 1.29 is 19.1 Å². The van der Waals surface area contributed by atoms with E-state index in [0.717, 1.165) is 10.0 Å². The lowest BCUT2D eigenvalue weighted by Crippen LogP contribution is -2.54. The summed E-state index contributed by atoms with van der Waals surface area (Å²) in [6, 6.07) is 11.9. The number of benzene rings is 2. The molecule has 0 aromatic heterocycles. The summed E-state index contributed by atoms with van der Waals surface area (Å²) in [4.78, 5) is 37.5. The first-order chi connectivity index (χ1) is 13.8. The number of halogens is 1. The van der Waals surface area contributed by atoms with Crippen molar-refractivity contribution in [3.63, 3.8) is 0 Å². The Morgan fingerprint density at radius 3 is 2.55 bits per heavy atom. The standard InChI is InChI=1S/C20H16BrN3O4S/c1-11-8-13(21)4-7-16(11)24-19(27)15(18(26)23-20(24)29)9-12-2-5-14(6-3-12)28-10-17(22)25/h2-9H,10H2,1H3,(H2,22,25)(H,23,26,29)/b15-9+. The molecule has 29 heavy (non-hydrogen) atoms. The van der Waals surface area contributed by atoms with Gasteiger partial charge in [0.2, 0.25) is 0 Å². The maximum Gasteiger partial charge on any atom is 0.270 e. The number of amides is 3. The van der Waals surface area contributed by atoms with Gasteiger partial charge in [-0.3, -0.25) is 24.6 Å². The summed E-state index contributed by atoms with van der Waals surface area (Å²) in [7, 11) is 0. The lowest BCUT2D eigenvalue weighted by atomic mass is 10.1. The lowest BCUT2D eigenvalue weighted by Gasteiger charge is -2.30. The quantitative estimate of drug-likeness (QED) is 0.394. The summed E-state index contributed by atoms with van der Waals surface area (Å²) >= 11 is 8.61. The molecular weight excluding hydrogens is 458 g/mol. The van der Waals surface area contributed by atoms with E-state index in [-0.39, 0.29) is 17.3 Å². The SMILES string of the molecule is Cc1cc(Br)ccc1N1C(=O)/C(=C/c2ccc(OCC(N)=O)cc2)C(=O)NC1=S. The van der Waals surface area contributed by atoms with Crippen molar-refractivity contribution in [1.82, 2.24) is 5.32 Å². The van der Waals surface area contributed by atoms with Gasteiger partial charge < -0.3 is 10.5 Å². The zero-order chi connectivity index (χ0) is 21.1. The number of nitrogens with zero attached hydrogens (tertiary/aromatic N) is 1. The number of hydrogen-bond acceptors (Lipinski definition) is 5. The van der Waals surface area contributed by atoms with Crippen LogP contribution >= 0.6 is 28.1 Å². The molecule has 1 fully saturated rings. The predicted molar refractivity (Wildman–Crippen MR) is 116 cm³/mol. The Labute approximate surface area is 180 Å². The molecule has 0 radical (unpaired) electrons. The van der Waals surface area contributed by atoms with Gasteiger partial charge in [0.05, 0.1) is 5.69 Å². The maximum absolute atomic E-state index is 13.1. The minimum absolute atomic E-state index is 0.0257. The molecule has 0 atom stereocenters. The summed E-state index contributed by atoms with van der Waals surface area (Å²) in [5.41, 5.74) is 7.01. The molecule has 3 amide bonds. The van der Waals surface area contributed by atoms with Crippen LogP contribution in [0.5, 0.6) is 5.75 Å². The van der Waals surface area contributed by atoms with Crippen LogP contribution in [0, 0.1) is 6.92 Å². The molecule has 1 aliphatic rings. The number of primary amides is 1. The summed E-state index contributed by atoms with van der Waals surface area (Å²) in [6.07, 6.45) is 1.47. The van der Waals surface area contributed by atoms with E-state index in [2.05, 4.69) is 21.2 Å². The van der Waals surface area contributed by atoms with Gasteiger partial charge in [0.25, 0.3) is 17.7 Å². The number of aryl methyl sites for hydroxylation is 1. The minimum atomic E-state index is -0.583. The summed E-state index contributed by atoms with van der Waals surface area (Å²) in [6.45, 7) is 1.61. The molecule has 1 aliphatic heterocycles. The lowest BCUT2D eigenvalue weighted by molar-refractivity contribution is -0.122. The molecule has 148 valence electrons. The van der Waals surface area contributed by atoms with Crippen LogP contribution in [-0.2, 0) is 14.4 Å². The number of ether oxygens (including phenoxy) is 1. The van der Waals surface area contributed by atoms with Crippen molar-refractivity contribution in [3.8, 4) is 5.75 Å². The number of nitrogens with one attached hydrogen (secondary N) is 1. The van der Waals surface area contributed by atoms with Gasteiger partial charge in [-0.2, -0.15) is 0 Å². The molecule has 2 aromatic rings. The molecule has 9 heteroatoms. The third kappa shape index (κ3) is 4.69. The van der Waals surface area contributed by atoms with Crippen LogP contribution in [0.2, 0.25) is 0 Å². The molecular formula is C20H16BrN3O4S. The molecule has 0 aliphatic carbocycles. The highest BCUT2D eigenvalue weighted by atomic mass is 79.9. The summed E-state index contributed by atoms with van der Waals surface area (Å²) in [5, 5.41) is 2.58. The summed E-state index contributed by atoms with van der Waals surface area (Å²) < 4.78 is 6.06. The van der Waals surface area contributed by atoms with Crippen LogP contribution in [0.25, 0.3) is 6.08 Å². The van der Waals surface area contributed by atoms with Gasteiger partial charge in [0.1, 0.15) is 11.3 Å². The third-order valence-electron chi connectivity index (χ3n) is 4.07. The number of rotatable bonds is 5. The van der Waals surface area contributed by atoms with E-state index >= 15 is 0 Å². The Kier molecular flexibility index (Phi) is 6.09. The Morgan fingerprint density at radius 2 is 1.93 bits per heavy atom.